The Morgan fingerprint density at radius 2 is 1.78 bits per heavy atom. The first-order valence-electron chi connectivity index (χ1n) is 10.1. The summed E-state index contributed by atoms with van der Waals surface area (Å²) in [6, 6.07) is 8.16. The molecule has 0 aliphatic carbocycles. The molecule has 0 unspecified atom stereocenters. The molecule has 6 aromatic rings. The lowest BCUT2D eigenvalue weighted by Crippen LogP contribution is -2.08. The first-order valence-corrected chi connectivity index (χ1v) is 10.1. The largest absolute Gasteiger partial charge is 0.472 e. The first kappa shape index (κ1) is 18.3. The normalized spacial score (nSPS) is 11.4. The molecule has 0 atom stereocenters. The minimum Gasteiger partial charge on any atom is -0.472 e. The third kappa shape index (κ3) is 2.92. The Morgan fingerprint density at radius 1 is 0.875 bits per heavy atom. The summed E-state index contributed by atoms with van der Waals surface area (Å²) in [6.45, 7) is 0. The van der Waals surface area contributed by atoms with Crippen LogP contribution in [0.2, 0.25) is 0 Å². The molecular formula is C24H19N7O. The van der Waals surface area contributed by atoms with Gasteiger partial charge in [0.05, 0.1) is 59.2 Å². The number of rotatable bonds is 4. The molecule has 6 aromatic heterocycles. The third-order valence-corrected chi connectivity index (χ3v) is 5.62. The number of H-pyrrole nitrogens is 2. The van der Waals surface area contributed by atoms with Crippen LogP contribution in [0.25, 0.3) is 55.6 Å². The van der Waals surface area contributed by atoms with E-state index >= 15 is 0 Å². The van der Waals surface area contributed by atoms with E-state index < -0.39 is 0 Å². The van der Waals surface area contributed by atoms with Crippen LogP contribution in [0.5, 0.6) is 0 Å². The van der Waals surface area contributed by atoms with E-state index in [-0.39, 0.29) is 0 Å². The summed E-state index contributed by atoms with van der Waals surface area (Å²) >= 11 is 0. The maximum atomic E-state index is 5.26. The van der Waals surface area contributed by atoms with E-state index in [9.17, 15) is 0 Å². The van der Waals surface area contributed by atoms with E-state index in [4.69, 9.17) is 4.42 Å². The molecule has 0 aromatic carbocycles. The molecule has 32 heavy (non-hydrogen) atoms. The van der Waals surface area contributed by atoms with Crippen molar-refractivity contribution >= 4 is 27.5 Å². The number of nitrogens with one attached hydrogen (secondary N) is 2. The summed E-state index contributed by atoms with van der Waals surface area (Å²) in [5.74, 6) is 0. The summed E-state index contributed by atoms with van der Waals surface area (Å²) in [5.41, 5.74) is 8.34. The van der Waals surface area contributed by atoms with Crippen LogP contribution in [0.15, 0.2) is 72.2 Å². The predicted octanol–water partition coefficient (Wildman–Crippen LogP) is 4.89. The van der Waals surface area contributed by atoms with Crippen molar-refractivity contribution in [2.45, 2.75) is 0 Å². The van der Waals surface area contributed by atoms with Gasteiger partial charge in [0.15, 0.2) is 0 Å². The topological polar surface area (TPSA) is 99.5 Å². The van der Waals surface area contributed by atoms with Crippen LogP contribution >= 0.6 is 0 Å². The maximum absolute atomic E-state index is 5.26. The SMILES string of the molecule is CN(C)c1cncc(-c2cc3c(-c4cc5c(-c6ccoc6)cncc5[nH]4)n[nH]c3cn2)c1. The summed E-state index contributed by atoms with van der Waals surface area (Å²) in [4.78, 5) is 18.8. The van der Waals surface area contributed by atoms with Gasteiger partial charge >= 0.3 is 0 Å². The van der Waals surface area contributed by atoms with Crippen LogP contribution in [0.3, 0.4) is 0 Å². The minimum atomic E-state index is 0.828. The summed E-state index contributed by atoms with van der Waals surface area (Å²) in [7, 11) is 3.99. The first-order chi connectivity index (χ1) is 15.7. The minimum absolute atomic E-state index is 0.828. The highest BCUT2D eigenvalue weighted by atomic mass is 16.3. The number of nitrogens with zero attached hydrogens (tertiary/aromatic N) is 5. The molecule has 0 saturated heterocycles. The Hall–Kier alpha value is -4.46. The van der Waals surface area contributed by atoms with Crippen LogP contribution in [-0.2, 0) is 0 Å². The standard InChI is InChI=1S/C24H19N7O/c1-31(2)16-5-15(8-25-9-16)20-7-18-23(12-27-20)29-30-24(18)21-6-17-19(14-3-4-32-13-14)10-26-11-22(17)28-21/h3-13,28H,1-2H3,(H,29,30). The maximum Gasteiger partial charge on any atom is 0.116 e. The lowest BCUT2D eigenvalue weighted by Gasteiger charge is -2.12. The summed E-state index contributed by atoms with van der Waals surface area (Å²) in [6.07, 6.45) is 12.5. The number of fused-ring (bicyclic) bond motifs is 2. The second kappa shape index (κ2) is 7.05. The highest BCUT2D eigenvalue weighted by molar-refractivity contribution is 6.00. The lowest BCUT2D eigenvalue weighted by molar-refractivity contribution is 0.568. The van der Waals surface area contributed by atoms with Crippen LogP contribution in [0.1, 0.15) is 0 Å². The van der Waals surface area contributed by atoms with E-state index in [1.807, 2.05) is 62.1 Å². The summed E-state index contributed by atoms with van der Waals surface area (Å²) < 4.78 is 5.26. The molecular weight excluding hydrogens is 402 g/mol. The van der Waals surface area contributed by atoms with Crippen molar-refractivity contribution in [1.29, 1.82) is 0 Å². The number of hydrogen-bond acceptors (Lipinski definition) is 6. The van der Waals surface area contributed by atoms with Gasteiger partial charge in [-0.3, -0.25) is 20.1 Å². The predicted molar refractivity (Wildman–Crippen MR) is 124 cm³/mol. The van der Waals surface area contributed by atoms with E-state index in [0.29, 0.717) is 0 Å². The molecule has 0 radical (unpaired) electrons. The quantitative estimate of drug-likeness (QED) is 0.420. The number of furan rings is 1. The number of aromatic amines is 2. The monoisotopic (exact) mass is 421 g/mol. The molecule has 2 N–H and O–H groups in total. The molecule has 0 amide bonds. The molecule has 156 valence electrons. The Balaban J connectivity index is 1.49. The zero-order chi connectivity index (χ0) is 21.7. The van der Waals surface area contributed by atoms with Crippen molar-refractivity contribution in [3.05, 3.63) is 67.8 Å². The fraction of sp³-hybridized carbons (Fsp3) is 0.0833. The van der Waals surface area contributed by atoms with Crippen molar-refractivity contribution in [2.24, 2.45) is 0 Å². The highest BCUT2D eigenvalue weighted by Crippen LogP contribution is 2.34. The van der Waals surface area contributed by atoms with Crippen molar-refractivity contribution in [1.82, 2.24) is 30.1 Å². The second-order valence-electron chi connectivity index (χ2n) is 7.86. The second-order valence-corrected chi connectivity index (χ2v) is 7.86. The van der Waals surface area contributed by atoms with Crippen LogP contribution in [-0.4, -0.2) is 44.2 Å². The van der Waals surface area contributed by atoms with Gasteiger partial charge in [-0.2, -0.15) is 5.10 Å². The van der Waals surface area contributed by atoms with Crippen LogP contribution < -0.4 is 4.90 Å². The van der Waals surface area contributed by atoms with Gasteiger partial charge in [0.25, 0.3) is 0 Å². The average Bonchev–Trinajstić information content (AvgIpc) is 3.57. The molecule has 0 saturated carbocycles. The molecule has 0 aliphatic heterocycles. The Bertz CT molecular complexity index is 1560. The van der Waals surface area contributed by atoms with Crippen molar-refractivity contribution in [3.8, 4) is 33.8 Å². The Labute approximate surface area is 183 Å². The number of aromatic nitrogens is 6. The van der Waals surface area contributed by atoms with E-state index in [0.717, 1.165) is 61.3 Å². The van der Waals surface area contributed by atoms with Crippen LogP contribution in [0.4, 0.5) is 5.69 Å². The fourth-order valence-corrected chi connectivity index (χ4v) is 3.92. The van der Waals surface area contributed by atoms with E-state index in [2.05, 4.69) is 42.3 Å². The molecule has 0 bridgehead atoms. The van der Waals surface area contributed by atoms with E-state index in [1.54, 1.807) is 12.5 Å². The van der Waals surface area contributed by atoms with Gasteiger partial charge in [-0.1, -0.05) is 0 Å². The fourth-order valence-electron chi connectivity index (χ4n) is 3.92. The highest BCUT2D eigenvalue weighted by Gasteiger charge is 2.15. The lowest BCUT2D eigenvalue weighted by atomic mass is 10.1. The molecule has 8 nitrogen and oxygen atoms in total. The average molecular weight is 421 g/mol. The number of hydrogen-bond donors (Lipinski definition) is 2. The Kier molecular flexibility index (Phi) is 4.04. The van der Waals surface area contributed by atoms with Gasteiger partial charge in [0.2, 0.25) is 0 Å². The number of anilines is 1. The summed E-state index contributed by atoms with van der Waals surface area (Å²) in [5, 5.41) is 9.71. The zero-order valence-corrected chi connectivity index (χ0v) is 17.5. The zero-order valence-electron chi connectivity index (χ0n) is 17.5. The molecule has 0 fully saturated rings. The van der Waals surface area contributed by atoms with Gasteiger partial charge < -0.3 is 14.3 Å². The molecule has 6 heterocycles. The van der Waals surface area contributed by atoms with Gasteiger partial charge in [-0.25, -0.2) is 0 Å². The van der Waals surface area contributed by atoms with Gasteiger partial charge in [0, 0.05) is 54.0 Å². The smallest absolute Gasteiger partial charge is 0.116 e. The van der Waals surface area contributed by atoms with E-state index in [1.165, 1.54) is 0 Å². The van der Waals surface area contributed by atoms with Crippen molar-refractivity contribution < 1.29 is 4.42 Å². The Morgan fingerprint density at radius 3 is 2.62 bits per heavy atom. The molecule has 0 spiro atoms. The molecule has 6 rings (SSSR count). The molecule has 8 heteroatoms. The van der Waals surface area contributed by atoms with Crippen LogP contribution in [0, 0.1) is 0 Å². The van der Waals surface area contributed by atoms with Gasteiger partial charge in [-0.15, -0.1) is 0 Å². The van der Waals surface area contributed by atoms with Crippen molar-refractivity contribution in [2.75, 3.05) is 19.0 Å². The van der Waals surface area contributed by atoms with Gasteiger partial charge in [-0.05, 0) is 24.3 Å². The molecule has 0 aliphatic rings. The van der Waals surface area contributed by atoms with Gasteiger partial charge in [0.1, 0.15) is 5.69 Å². The third-order valence-electron chi connectivity index (χ3n) is 5.62. The van der Waals surface area contributed by atoms with Crippen molar-refractivity contribution in [3.63, 3.8) is 0 Å². The number of pyridine rings is 3.